The lowest BCUT2D eigenvalue weighted by Gasteiger charge is -2.07. The standard InChI is InChI=1S/C20H24N2O5/c1-12-5-6-16(9-13(12)2)26-11-19(23)22-21-14(3)18-10-17(27-15(18)4)7-8-20(24)25/h5-6,9-10H,7-8,11H2,1-4H3,(H,22,23)(H,24,25)/p-1/b21-14-. The van der Waals surface area contributed by atoms with E-state index >= 15 is 0 Å². The van der Waals surface area contributed by atoms with Crippen LogP contribution in [0.3, 0.4) is 0 Å². The number of ether oxygens (including phenoxy) is 1. The minimum Gasteiger partial charge on any atom is -0.550 e. The number of aliphatic carboxylic acids is 1. The molecule has 27 heavy (non-hydrogen) atoms. The van der Waals surface area contributed by atoms with E-state index in [2.05, 4.69) is 10.5 Å². The zero-order valence-electron chi connectivity index (χ0n) is 15.9. The van der Waals surface area contributed by atoms with Gasteiger partial charge in [0.15, 0.2) is 6.61 Å². The first-order chi connectivity index (χ1) is 12.8. The number of nitrogens with zero attached hydrogens (tertiary/aromatic N) is 1. The molecule has 1 amide bonds. The molecule has 1 heterocycles. The Morgan fingerprint density at radius 1 is 1.19 bits per heavy atom. The fraction of sp³-hybridized carbons (Fsp3) is 0.350. The van der Waals surface area contributed by atoms with Crippen molar-refractivity contribution in [1.82, 2.24) is 5.43 Å². The minimum atomic E-state index is -1.13. The third-order valence-corrected chi connectivity index (χ3v) is 4.13. The number of nitrogens with one attached hydrogen (secondary N) is 1. The number of aryl methyl sites for hydroxylation is 4. The molecule has 7 nitrogen and oxygen atoms in total. The molecular weight excluding hydrogens is 348 g/mol. The van der Waals surface area contributed by atoms with Gasteiger partial charge in [0.2, 0.25) is 0 Å². The van der Waals surface area contributed by atoms with Crippen LogP contribution in [0.4, 0.5) is 0 Å². The topological polar surface area (TPSA) is 104 Å². The van der Waals surface area contributed by atoms with Gasteiger partial charge in [-0.25, -0.2) is 5.43 Å². The van der Waals surface area contributed by atoms with Crippen molar-refractivity contribution < 1.29 is 23.8 Å². The molecule has 0 atom stereocenters. The number of rotatable bonds is 8. The summed E-state index contributed by atoms with van der Waals surface area (Å²) in [5.41, 5.74) is 5.94. The van der Waals surface area contributed by atoms with E-state index in [1.807, 2.05) is 32.0 Å². The summed E-state index contributed by atoms with van der Waals surface area (Å²) in [4.78, 5) is 22.5. The molecule has 1 N–H and O–H groups in total. The Balaban J connectivity index is 1.91. The van der Waals surface area contributed by atoms with Crippen molar-refractivity contribution in [3.63, 3.8) is 0 Å². The van der Waals surface area contributed by atoms with Gasteiger partial charge in [0, 0.05) is 18.0 Å². The third kappa shape index (κ3) is 5.99. The second-order valence-corrected chi connectivity index (χ2v) is 6.32. The summed E-state index contributed by atoms with van der Waals surface area (Å²) < 4.78 is 11.0. The van der Waals surface area contributed by atoms with Crippen LogP contribution in [-0.4, -0.2) is 24.2 Å². The van der Waals surface area contributed by atoms with E-state index in [-0.39, 0.29) is 25.4 Å². The molecule has 2 rings (SSSR count). The Labute approximate surface area is 158 Å². The number of carbonyl (C=O) groups is 2. The second kappa shape index (κ2) is 9.02. The fourth-order valence-electron chi connectivity index (χ4n) is 2.44. The Morgan fingerprint density at radius 2 is 1.93 bits per heavy atom. The van der Waals surface area contributed by atoms with Gasteiger partial charge in [0.25, 0.3) is 5.91 Å². The van der Waals surface area contributed by atoms with Gasteiger partial charge in [-0.05, 0) is 63.4 Å². The first kappa shape index (κ1) is 20.2. The normalized spacial score (nSPS) is 11.3. The molecule has 1 aromatic heterocycles. The number of carbonyl (C=O) groups excluding carboxylic acids is 2. The summed E-state index contributed by atoms with van der Waals surface area (Å²) in [5.74, 6) is 0.242. The highest BCUT2D eigenvalue weighted by Gasteiger charge is 2.11. The van der Waals surface area contributed by atoms with E-state index in [0.717, 1.165) is 11.1 Å². The molecule has 2 aromatic rings. The quantitative estimate of drug-likeness (QED) is 0.563. The molecule has 7 heteroatoms. The summed E-state index contributed by atoms with van der Waals surface area (Å²) in [6.45, 7) is 7.31. The Bertz CT molecular complexity index is 867. The van der Waals surface area contributed by atoms with Crippen LogP contribution in [0.25, 0.3) is 0 Å². The maximum Gasteiger partial charge on any atom is 0.277 e. The maximum atomic E-state index is 11.9. The lowest BCUT2D eigenvalue weighted by atomic mass is 10.1. The average molecular weight is 371 g/mol. The molecule has 0 fully saturated rings. The lowest BCUT2D eigenvalue weighted by molar-refractivity contribution is -0.305. The molecule has 0 unspecified atom stereocenters. The molecule has 0 saturated heterocycles. The number of benzene rings is 1. The second-order valence-electron chi connectivity index (χ2n) is 6.32. The molecule has 0 aliphatic carbocycles. The van der Waals surface area contributed by atoms with Crippen LogP contribution in [0, 0.1) is 20.8 Å². The highest BCUT2D eigenvalue weighted by molar-refractivity contribution is 6.00. The van der Waals surface area contributed by atoms with Crippen LogP contribution in [0.5, 0.6) is 5.75 Å². The van der Waals surface area contributed by atoms with E-state index in [1.54, 1.807) is 19.9 Å². The van der Waals surface area contributed by atoms with Crippen LogP contribution in [0.15, 0.2) is 33.8 Å². The van der Waals surface area contributed by atoms with Gasteiger partial charge < -0.3 is 19.1 Å². The predicted octanol–water partition coefficient (Wildman–Crippen LogP) is 1.81. The molecule has 144 valence electrons. The summed E-state index contributed by atoms with van der Waals surface area (Å²) in [6, 6.07) is 7.34. The molecule has 1 aromatic carbocycles. The number of hydrogen-bond acceptors (Lipinski definition) is 6. The minimum absolute atomic E-state index is 0.116. The zero-order chi connectivity index (χ0) is 20.0. The van der Waals surface area contributed by atoms with Crippen molar-refractivity contribution in [3.8, 4) is 5.75 Å². The number of carboxylic acids is 1. The van der Waals surface area contributed by atoms with Crippen molar-refractivity contribution in [2.24, 2.45) is 5.10 Å². The fourth-order valence-corrected chi connectivity index (χ4v) is 2.44. The summed E-state index contributed by atoms with van der Waals surface area (Å²) in [6.07, 6.45) is 0.127. The molecule has 0 saturated carbocycles. The van der Waals surface area contributed by atoms with E-state index in [0.29, 0.717) is 28.5 Å². The number of furan rings is 1. The molecule has 0 aliphatic heterocycles. The SMILES string of the molecule is C/C(=N/NC(=O)COc1ccc(C)c(C)c1)c1cc(CCC(=O)[O-])oc1C. The number of amides is 1. The average Bonchev–Trinajstić information content (AvgIpc) is 2.99. The van der Waals surface area contributed by atoms with Crippen LogP contribution in [0.2, 0.25) is 0 Å². The largest absolute Gasteiger partial charge is 0.550 e. The summed E-state index contributed by atoms with van der Waals surface area (Å²) in [5, 5.41) is 14.6. The highest BCUT2D eigenvalue weighted by atomic mass is 16.5. The van der Waals surface area contributed by atoms with Crippen molar-refractivity contribution in [2.75, 3.05) is 6.61 Å². The Morgan fingerprint density at radius 3 is 2.59 bits per heavy atom. The summed E-state index contributed by atoms with van der Waals surface area (Å²) >= 11 is 0. The van der Waals surface area contributed by atoms with Crippen LogP contribution >= 0.6 is 0 Å². The Kier molecular flexibility index (Phi) is 6.76. The number of hydrogen-bond donors (Lipinski definition) is 1. The van der Waals surface area contributed by atoms with E-state index in [9.17, 15) is 14.7 Å². The molecule has 0 spiro atoms. The van der Waals surface area contributed by atoms with E-state index in [1.165, 1.54) is 0 Å². The summed E-state index contributed by atoms with van der Waals surface area (Å²) in [7, 11) is 0. The van der Waals surface area contributed by atoms with Crippen LogP contribution in [0.1, 0.15) is 41.6 Å². The van der Waals surface area contributed by atoms with Gasteiger partial charge in [0.05, 0.1) is 5.71 Å². The van der Waals surface area contributed by atoms with Gasteiger partial charge in [-0.1, -0.05) is 6.07 Å². The van der Waals surface area contributed by atoms with E-state index < -0.39 is 5.97 Å². The van der Waals surface area contributed by atoms with Gasteiger partial charge in [-0.2, -0.15) is 5.10 Å². The van der Waals surface area contributed by atoms with Gasteiger partial charge in [-0.3, -0.25) is 4.79 Å². The number of hydrazone groups is 1. The zero-order valence-corrected chi connectivity index (χ0v) is 15.9. The van der Waals surface area contributed by atoms with Crippen molar-refractivity contribution in [1.29, 1.82) is 0 Å². The molecule has 0 radical (unpaired) electrons. The van der Waals surface area contributed by atoms with Crippen molar-refractivity contribution in [2.45, 2.75) is 40.5 Å². The predicted molar refractivity (Wildman–Crippen MR) is 98.5 cm³/mol. The van der Waals surface area contributed by atoms with Crippen molar-refractivity contribution >= 4 is 17.6 Å². The van der Waals surface area contributed by atoms with E-state index in [4.69, 9.17) is 9.15 Å². The van der Waals surface area contributed by atoms with Gasteiger partial charge in [-0.15, -0.1) is 0 Å². The monoisotopic (exact) mass is 371 g/mol. The maximum absolute atomic E-state index is 11.9. The van der Waals surface area contributed by atoms with Gasteiger partial charge >= 0.3 is 0 Å². The lowest BCUT2D eigenvalue weighted by Crippen LogP contribution is -2.25. The van der Waals surface area contributed by atoms with Crippen molar-refractivity contribution in [3.05, 3.63) is 52.5 Å². The molecule has 0 aliphatic rings. The molecular formula is C20H23N2O5-. The van der Waals surface area contributed by atoms with Crippen LogP contribution in [-0.2, 0) is 16.0 Å². The number of carboxylic acid groups (broad SMARTS) is 1. The first-order valence-corrected chi connectivity index (χ1v) is 8.59. The highest BCUT2D eigenvalue weighted by Crippen LogP contribution is 2.17. The third-order valence-electron chi connectivity index (χ3n) is 4.13. The first-order valence-electron chi connectivity index (χ1n) is 8.59. The smallest absolute Gasteiger partial charge is 0.277 e. The molecule has 0 bridgehead atoms. The van der Waals surface area contributed by atoms with Gasteiger partial charge in [0.1, 0.15) is 17.3 Å². The Hall–Kier alpha value is -3.09. The van der Waals surface area contributed by atoms with Crippen LogP contribution < -0.4 is 15.3 Å².